The Kier molecular flexibility index (Phi) is 5.17. The molecule has 0 saturated carbocycles. The number of nitrogens with zero attached hydrogens (tertiary/aromatic N) is 2. The van der Waals surface area contributed by atoms with E-state index in [0.29, 0.717) is 28.5 Å². The van der Waals surface area contributed by atoms with Crippen molar-refractivity contribution in [1.29, 1.82) is 0 Å². The maximum atomic E-state index is 12.3. The highest BCUT2D eigenvalue weighted by molar-refractivity contribution is 6.30. The first kappa shape index (κ1) is 16.8. The van der Waals surface area contributed by atoms with Crippen molar-refractivity contribution in [2.24, 2.45) is 0 Å². The van der Waals surface area contributed by atoms with Crippen LogP contribution in [0.15, 0.2) is 18.3 Å². The van der Waals surface area contributed by atoms with Crippen LogP contribution >= 0.6 is 11.6 Å². The van der Waals surface area contributed by atoms with Crippen molar-refractivity contribution in [3.63, 3.8) is 0 Å². The van der Waals surface area contributed by atoms with Crippen LogP contribution in [0, 0.1) is 0 Å². The van der Waals surface area contributed by atoms with Crippen molar-refractivity contribution >= 4 is 35.0 Å². The number of aryl methyl sites for hydroxylation is 1. The molecule has 2 aromatic heterocycles. The van der Waals surface area contributed by atoms with E-state index in [1.807, 2.05) is 6.92 Å². The third-order valence-electron chi connectivity index (χ3n) is 3.05. The highest BCUT2D eigenvalue weighted by Gasteiger charge is 2.19. The predicted octanol–water partition coefficient (Wildman–Crippen LogP) is 0.481. The molecule has 0 aromatic carbocycles. The molecule has 122 valence electrons. The number of carbonyl (C=O) groups excluding carboxylic acids is 2. The summed E-state index contributed by atoms with van der Waals surface area (Å²) in [7, 11) is 0. The van der Waals surface area contributed by atoms with Gasteiger partial charge in [0.1, 0.15) is 17.9 Å². The van der Waals surface area contributed by atoms with Crippen molar-refractivity contribution in [2.75, 3.05) is 13.1 Å². The number of aliphatic carboxylic acids is 1. The van der Waals surface area contributed by atoms with Gasteiger partial charge in [0, 0.05) is 6.20 Å². The molecule has 0 spiro atoms. The van der Waals surface area contributed by atoms with Gasteiger partial charge in [0.2, 0.25) is 5.91 Å². The van der Waals surface area contributed by atoms with Crippen LogP contribution in [0.25, 0.3) is 5.65 Å². The third-order valence-corrected chi connectivity index (χ3v) is 3.27. The lowest BCUT2D eigenvalue weighted by molar-refractivity contribution is -0.137. The van der Waals surface area contributed by atoms with Gasteiger partial charge in [-0.15, -0.1) is 0 Å². The zero-order valence-electron chi connectivity index (χ0n) is 12.3. The smallest absolute Gasteiger partial charge is 0.322 e. The number of carboxylic acids is 1. The molecule has 8 nitrogen and oxygen atoms in total. The van der Waals surface area contributed by atoms with E-state index in [-0.39, 0.29) is 6.54 Å². The van der Waals surface area contributed by atoms with Gasteiger partial charge in [-0.2, -0.15) is 0 Å². The van der Waals surface area contributed by atoms with Crippen molar-refractivity contribution in [3.05, 3.63) is 34.7 Å². The Labute approximate surface area is 136 Å². The van der Waals surface area contributed by atoms with Crippen molar-refractivity contribution in [2.45, 2.75) is 13.3 Å². The molecule has 0 aliphatic heterocycles. The first-order valence-corrected chi connectivity index (χ1v) is 7.23. The number of nitrogens with one attached hydrogen (secondary N) is 2. The number of carbonyl (C=O) groups is 3. The summed E-state index contributed by atoms with van der Waals surface area (Å²) in [5, 5.41) is 13.5. The molecule has 2 heterocycles. The Morgan fingerprint density at radius 3 is 2.65 bits per heavy atom. The molecule has 0 bridgehead atoms. The molecule has 2 rings (SSSR count). The Morgan fingerprint density at radius 2 is 2.00 bits per heavy atom. The molecule has 9 heteroatoms. The monoisotopic (exact) mass is 338 g/mol. The predicted molar refractivity (Wildman–Crippen MR) is 82.6 cm³/mol. The zero-order valence-corrected chi connectivity index (χ0v) is 13.1. The molecule has 0 saturated heterocycles. The number of amides is 2. The number of halogens is 1. The first-order valence-electron chi connectivity index (χ1n) is 6.85. The highest BCUT2D eigenvalue weighted by Crippen LogP contribution is 2.17. The molecule has 0 aliphatic rings. The number of imidazole rings is 1. The number of hydrogen-bond donors (Lipinski definition) is 3. The van der Waals surface area contributed by atoms with E-state index in [0.717, 1.165) is 0 Å². The standard InChI is InChI=1S/C14H15ClN4O4/c1-2-9-13(19-7-8(15)3-4-10(19)18-9)14(23)17-5-11(20)16-6-12(21)22/h3-4,7H,2,5-6H2,1H3,(H,16,20)(H,17,23)(H,21,22). The molecule has 0 radical (unpaired) electrons. The lowest BCUT2D eigenvalue weighted by Crippen LogP contribution is -2.39. The van der Waals surface area contributed by atoms with E-state index >= 15 is 0 Å². The third kappa shape index (κ3) is 3.98. The van der Waals surface area contributed by atoms with Gasteiger partial charge >= 0.3 is 5.97 Å². The lowest BCUT2D eigenvalue weighted by atomic mass is 10.2. The average Bonchev–Trinajstić information content (AvgIpc) is 2.88. The van der Waals surface area contributed by atoms with Gasteiger partial charge in [-0.3, -0.25) is 18.8 Å². The fraction of sp³-hybridized carbons (Fsp3) is 0.286. The van der Waals surface area contributed by atoms with Crippen molar-refractivity contribution < 1.29 is 19.5 Å². The molecular formula is C14H15ClN4O4. The minimum absolute atomic E-state index is 0.302. The molecule has 2 amide bonds. The maximum Gasteiger partial charge on any atom is 0.322 e. The quantitative estimate of drug-likeness (QED) is 0.709. The summed E-state index contributed by atoms with van der Waals surface area (Å²) >= 11 is 5.95. The van der Waals surface area contributed by atoms with Gasteiger partial charge in [0.25, 0.3) is 5.91 Å². The van der Waals surface area contributed by atoms with Gasteiger partial charge in [0.15, 0.2) is 0 Å². The summed E-state index contributed by atoms with van der Waals surface area (Å²) in [6, 6.07) is 3.36. The van der Waals surface area contributed by atoms with Crippen LogP contribution in [0.5, 0.6) is 0 Å². The number of aromatic nitrogens is 2. The van der Waals surface area contributed by atoms with E-state index < -0.39 is 24.3 Å². The number of carboxylic acid groups (broad SMARTS) is 1. The average molecular weight is 339 g/mol. The summed E-state index contributed by atoms with van der Waals surface area (Å²) in [6.45, 7) is 1.03. The molecule has 2 aromatic rings. The number of fused-ring (bicyclic) bond motifs is 1. The first-order chi connectivity index (χ1) is 10.9. The van der Waals surface area contributed by atoms with Gasteiger partial charge in [-0.25, -0.2) is 4.98 Å². The summed E-state index contributed by atoms with van der Waals surface area (Å²) in [4.78, 5) is 38.5. The number of pyridine rings is 1. The maximum absolute atomic E-state index is 12.3. The molecule has 0 fully saturated rings. The fourth-order valence-corrected chi connectivity index (χ4v) is 2.20. The van der Waals surface area contributed by atoms with Crippen molar-refractivity contribution in [3.8, 4) is 0 Å². The van der Waals surface area contributed by atoms with Crippen molar-refractivity contribution in [1.82, 2.24) is 20.0 Å². The van der Waals surface area contributed by atoms with Crippen LogP contribution in [0.2, 0.25) is 5.02 Å². The minimum Gasteiger partial charge on any atom is -0.480 e. The second kappa shape index (κ2) is 7.10. The molecular weight excluding hydrogens is 324 g/mol. The highest BCUT2D eigenvalue weighted by atomic mass is 35.5. The molecule has 0 aliphatic carbocycles. The summed E-state index contributed by atoms with van der Waals surface area (Å²) in [5.74, 6) is -2.23. The Morgan fingerprint density at radius 1 is 1.26 bits per heavy atom. The molecule has 0 atom stereocenters. The Hall–Kier alpha value is -2.61. The molecule has 23 heavy (non-hydrogen) atoms. The summed E-state index contributed by atoms with van der Waals surface area (Å²) < 4.78 is 1.56. The Bertz CT molecular complexity index is 771. The largest absolute Gasteiger partial charge is 0.480 e. The van der Waals surface area contributed by atoms with E-state index in [2.05, 4.69) is 15.6 Å². The summed E-state index contributed by atoms with van der Waals surface area (Å²) in [6.07, 6.45) is 2.11. The van der Waals surface area contributed by atoms with Crippen LogP contribution in [0.3, 0.4) is 0 Å². The topological polar surface area (TPSA) is 113 Å². The van der Waals surface area contributed by atoms with Crippen LogP contribution in [0.1, 0.15) is 23.1 Å². The van der Waals surface area contributed by atoms with Crippen LogP contribution in [-0.4, -0.2) is 45.4 Å². The summed E-state index contributed by atoms with van der Waals surface area (Å²) in [5.41, 5.74) is 1.46. The minimum atomic E-state index is -1.16. The zero-order chi connectivity index (χ0) is 17.0. The lowest BCUT2D eigenvalue weighted by Gasteiger charge is -2.07. The second-order valence-corrected chi connectivity index (χ2v) is 5.13. The molecule has 0 unspecified atom stereocenters. The number of hydrogen-bond acceptors (Lipinski definition) is 4. The van der Waals surface area contributed by atoms with Gasteiger partial charge in [0.05, 0.1) is 17.3 Å². The van der Waals surface area contributed by atoms with E-state index in [1.54, 1.807) is 22.7 Å². The Balaban J connectivity index is 2.15. The van der Waals surface area contributed by atoms with Crippen LogP contribution < -0.4 is 10.6 Å². The second-order valence-electron chi connectivity index (χ2n) is 4.69. The van der Waals surface area contributed by atoms with E-state index in [4.69, 9.17) is 16.7 Å². The number of rotatable bonds is 6. The van der Waals surface area contributed by atoms with Crippen LogP contribution in [0.4, 0.5) is 0 Å². The van der Waals surface area contributed by atoms with E-state index in [9.17, 15) is 14.4 Å². The fourth-order valence-electron chi connectivity index (χ4n) is 2.04. The normalized spacial score (nSPS) is 10.5. The van der Waals surface area contributed by atoms with Gasteiger partial charge in [-0.05, 0) is 18.6 Å². The SMILES string of the molecule is CCc1nc2ccc(Cl)cn2c1C(=O)NCC(=O)NCC(=O)O. The van der Waals surface area contributed by atoms with Gasteiger partial charge < -0.3 is 15.7 Å². The van der Waals surface area contributed by atoms with Gasteiger partial charge in [-0.1, -0.05) is 18.5 Å². The van der Waals surface area contributed by atoms with Crippen LogP contribution in [-0.2, 0) is 16.0 Å². The van der Waals surface area contributed by atoms with E-state index in [1.165, 1.54) is 0 Å². The molecule has 3 N–H and O–H groups in total.